The first kappa shape index (κ1) is 19.3. The SMILES string of the molecule is COCc1cc(C)nc(SCC(=O)Nc2ccc(Cl)cc2C)c1C#N. The van der Waals surface area contributed by atoms with E-state index in [1.165, 1.54) is 11.8 Å². The van der Waals surface area contributed by atoms with E-state index in [4.69, 9.17) is 16.3 Å². The lowest BCUT2D eigenvalue weighted by atomic mass is 10.1. The number of carbonyl (C=O) groups excluding carboxylic acids is 1. The van der Waals surface area contributed by atoms with Gasteiger partial charge in [0, 0.05) is 23.5 Å². The minimum atomic E-state index is -0.170. The van der Waals surface area contributed by atoms with Crippen LogP contribution in [0.5, 0.6) is 0 Å². The number of ether oxygens (including phenoxy) is 1. The third kappa shape index (κ3) is 5.20. The second kappa shape index (κ2) is 8.86. The summed E-state index contributed by atoms with van der Waals surface area (Å²) in [4.78, 5) is 16.6. The van der Waals surface area contributed by atoms with Crippen LogP contribution in [0.3, 0.4) is 0 Å². The van der Waals surface area contributed by atoms with E-state index < -0.39 is 0 Å². The lowest BCUT2D eigenvalue weighted by Crippen LogP contribution is -2.15. The molecule has 0 aliphatic heterocycles. The molecule has 1 N–H and O–H groups in total. The van der Waals surface area contributed by atoms with Crippen LogP contribution >= 0.6 is 23.4 Å². The summed E-state index contributed by atoms with van der Waals surface area (Å²) in [6.07, 6.45) is 0. The predicted molar refractivity (Wildman–Crippen MR) is 99.9 cm³/mol. The third-order valence-electron chi connectivity index (χ3n) is 3.41. The first-order chi connectivity index (χ1) is 11.9. The number of nitrogens with zero attached hydrogens (tertiary/aromatic N) is 2. The molecule has 5 nitrogen and oxygen atoms in total. The van der Waals surface area contributed by atoms with Crippen LogP contribution in [0.25, 0.3) is 0 Å². The number of nitriles is 1. The van der Waals surface area contributed by atoms with Crippen LogP contribution in [0.15, 0.2) is 29.3 Å². The third-order valence-corrected chi connectivity index (χ3v) is 4.62. The highest BCUT2D eigenvalue weighted by Crippen LogP contribution is 2.25. The molecule has 0 saturated carbocycles. The van der Waals surface area contributed by atoms with E-state index in [1.54, 1.807) is 25.3 Å². The number of methoxy groups -OCH3 is 1. The standard InChI is InChI=1S/C18H18ClN3O2S/c1-11-6-14(19)4-5-16(11)22-17(23)10-25-18-15(8-20)13(9-24-3)7-12(2)21-18/h4-7H,9-10H2,1-3H3,(H,22,23). The molecule has 0 radical (unpaired) electrons. The summed E-state index contributed by atoms with van der Waals surface area (Å²) in [5.74, 6) is -0.0181. The Hall–Kier alpha value is -2.07. The molecule has 1 aromatic carbocycles. The molecule has 1 aromatic heterocycles. The molecule has 0 saturated heterocycles. The Kier molecular flexibility index (Phi) is 6.82. The molecule has 0 atom stereocenters. The lowest BCUT2D eigenvalue weighted by Gasteiger charge is -2.11. The van der Waals surface area contributed by atoms with Crippen molar-refractivity contribution in [1.82, 2.24) is 4.98 Å². The molecule has 130 valence electrons. The van der Waals surface area contributed by atoms with Crippen LogP contribution in [0.1, 0.15) is 22.4 Å². The lowest BCUT2D eigenvalue weighted by molar-refractivity contribution is -0.113. The highest BCUT2D eigenvalue weighted by molar-refractivity contribution is 8.00. The number of anilines is 1. The van der Waals surface area contributed by atoms with Crippen molar-refractivity contribution in [3.8, 4) is 6.07 Å². The predicted octanol–water partition coefficient (Wildman–Crippen LogP) is 4.10. The van der Waals surface area contributed by atoms with Crippen molar-refractivity contribution in [2.75, 3.05) is 18.2 Å². The van der Waals surface area contributed by atoms with E-state index in [2.05, 4.69) is 16.4 Å². The zero-order valence-electron chi connectivity index (χ0n) is 14.2. The summed E-state index contributed by atoms with van der Waals surface area (Å²) < 4.78 is 5.13. The number of aromatic nitrogens is 1. The van der Waals surface area contributed by atoms with Crippen molar-refractivity contribution in [1.29, 1.82) is 5.26 Å². The molecule has 1 heterocycles. The Balaban J connectivity index is 2.10. The fraction of sp³-hybridized carbons (Fsp3) is 0.278. The van der Waals surface area contributed by atoms with Gasteiger partial charge in [0.2, 0.25) is 5.91 Å². The van der Waals surface area contributed by atoms with E-state index in [-0.39, 0.29) is 11.7 Å². The highest BCUT2D eigenvalue weighted by Gasteiger charge is 2.14. The van der Waals surface area contributed by atoms with Crippen molar-refractivity contribution in [2.24, 2.45) is 0 Å². The van der Waals surface area contributed by atoms with Gasteiger partial charge in [-0.25, -0.2) is 4.98 Å². The van der Waals surface area contributed by atoms with Gasteiger partial charge in [-0.2, -0.15) is 5.26 Å². The van der Waals surface area contributed by atoms with Crippen LogP contribution in [-0.4, -0.2) is 23.8 Å². The molecule has 0 spiro atoms. The molecule has 2 aromatic rings. The molecule has 0 fully saturated rings. The van der Waals surface area contributed by atoms with E-state index >= 15 is 0 Å². The number of thioether (sulfide) groups is 1. The second-order valence-electron chi connectivity index (χ2n) is 5.44. The number of carbonyl (C=O) groups is 1. The molecule has 2 rings (SSSR count). The van der Waals surface area contributed by atoms with Gasteiger partial charge in [-0.15, -0.1) is 0 Å². The number of nitrogens with one attached hydrogen (secondary N) is 1. The summed E-state index contributed by atoms with van der Waals surface area (Å²) in [6.45, 7) is 4.05. The summed E-state index contributed by atoms with van der Waals surface area (Å²) >= 11 is 7.15. The van der Waals surface area contributed by atoms with Crippen molar-refractivity contribution in [3.05, 3.63) is 51.7 Å². The van der Waals surface area contributed by atoms with E-state index in [0.29, 0.717) is 27.9 Å². The normalized spacial score (nSPS) is 10.4. The molecule has 25 heavy (non-hydrogen) atoms. The van der Waals surface area contributed by atoms with Crippen LogP contribution in [0.4, 0.5) is 5.69 Å². The first-order valence-corrected chi connectivity index (χ1v) is 8.89. The van der Waals surface area contributed by atoms with E-state index in [1.807, 2.05) is 19.9 Å². The minimum Gasteiger partial charge on any atom is -0.380 e. The Labute approximate surface area is 156 Å². The molecule has 0 unspecified atom stereocenters. The average molecular weight is 376 g/mol. The number of aryl methyl sites for hydroxylation is 2. The van der Waals surface area contributed by atoms with Gasteiger partial charge < -0.3 is 10.1 Å². The average Bonchev–Trinajstić information content (AvgIpc) is 2.55. The van der Waals surface area contributed by atoms with Crippen LogP contribution in [0.2, 0.25) is 5.02 Å². The number of benzene rings is 1. The molecule has 0 aliphatic carbocycles. The molecular weight excluding hydrogens is 358 g/mol. The monoisotopic (exact) mass is 375 g/mol. The summed E-state index contributed by atoms with van der Waals surface area (Å²) in [7, 11) is 1.58. The highest BCUT2D eigenvalue weighted by atomic mass is 35.5. The van der Waals surface area contributed by atoms with Crippen molar-refractivity contribution in [2.45, 2.75) is 25.5 Å². The zero-order valence-corrected chi connectivity index (χ0v) is 15.8. The number of pyridine rings is 1. The Bertz CT molecular complexity index is 834. The van der Waals surface area contributed by atoms with Crippen molar-refractivity contribution in [3.63, 3.8) is 0 Å². The largest absolute Gasteiger partial charge is 0.380 e. The molecule has 0 bridgehead atoms. The molecular formula is C18H18ClN3O2S. The molecule has 0 aliphatic rings. The maximum Gasteiger partial charge on any atom is 0.234 e. The Morgan fingerprint density at radius 3 is 2.80 bits per heavy atom. The Morgan fingerprint density at radius 2 is 2.16 bits per heavy atom. The van der Waals surface area contributed by atoms with Gasteiger partial charge in [-0.1, -0.05) is 23.4 Å². The number of halogens is 1. The van der Waals surface area contributed by atoms with Gasteiger partial charge >= 0.3 is 0 Å². The quantitative estimate of drug-likeness (QED) is 0.769. The zero-order chi connectivity index (χ0) is 18.4. The number of rotatable bonds is 6. The molecule has 7 heteroatoms. The minimum absolute atomic E-state index is 0.152. The first-order valence-electron chi connectivity index (χ1n) is 7.53. The van der Waals surface area contributed by atoms with Crippen LogP contribution < -0.4 is 5.32 Å². The maximum absolute atomic E-state index is 12.2. The fourth-order valence-electron chi connectivity index (χ4n) is 2.29. The number of hydrogen-bond acceptors (Lipinski definition) is 5. The van der Waals surface area contributed by atoms with Gasteiger partial charge in [0.1, 0.15) is 11.1 Å². The fourth-order valence-corrected chi connectivity index (χ4v) is 3.39. The summed E-state index contributed by atoms with van der Waals surface area (Å²) in [5, 5.41) is 13.4. The van der Waals surface area contributed by atoms with Crippen molar-refractivity contribution < 1.29 is 9.53 Å². The van der Waals surface area contributed by atoms with Gasteiger partial charge in [0.15, 0.2) is 0 Å². The van der Waals surface area contributed by atoms with E-state index in [0.717, 1.165) is 16.8 Å². The van der Waals surface area contributed by atoms with Crippen molar-refractivity contribution >= 4 is 35.0 Å². The topological polar surface area (TPSA) is 75.0 Å². The maximum atomic E-state index is 12.2. The van der Waals surface area contributed by atoms with Crippen LogP contribution in [0, 0.1) is 25.2 Å². The van der Waals surface area contributed by atoms with Gasteiger partial charge in [0.25, 0.3) is 0 Å². The van der Waals surface area contributed by atoms with E-state index in [9.17, 15) is 10.1 Å². The number of amides is 1. The van der Waals surface area contributed by atoms with Crippen LogP contribution in [-0.2, 0) is 16.1 Å². The van der Waals surface area contributed by atoms with Gasteiger partial charge in [-0.05, 0) is 49.2 Å². The molecule has 1 amide bonds. The summed E-state index contributed by atoms with van der Waals surface area (Å²) in [5.41, 5.74) is 3.61. The number of hydrogen-bond donors (Lipinski definition) is 1. The van der Waals surface area contributed by atoms with Gasteiger partial charge in [-0.3, -0.25) is 4.79 Å². The smallest absolute Gasteiger partial charge is 0.234 e. The van der Waals surface area contributed by atoms with Gasteiger partial charge in [0.05, 0.1) is 17.9 Å². The Morgan fingerprint density at radius 1 is 1.40 bits per heavy atom. The summed E-state index contributed by atoms with van der Waals surface area (Å²) in [6, 6.07) is 9.26. The second-order valence-corrected chi connectivity index (χ2v) is 6.84.